The van der Waals surface area contributed by atoms with Gasteiger partial charge in [-0.1, -0.05) is 42.5 Å². The number of methoxy groups -OCH3 is 1. The second-order valence-electron chi connectivity index (χ2n) is 6.04. The van der Waals surface area contributed by atoms with Gasteiger partial charge in [-0.3, -0.25) is 9.79 Å². The summed E-state index contributed by atoms with van der Waals surface area (Å²) < 4.78 is 5.31. The van der Waals surface area contributed by atoms with Crippen molar-refractivity contribution >= 4 is 22.4 Å². The molecule has 1 unspecified atom stereocenters. The molecule has 4 heteroatoms. The molecule has 0 bridgehead atoms. The molecule has 4 rings (SSSR count). The summed E-state index contributed by atoms with van der Waals surface area (Å²) in [5, 5.41) is 1.04. The van der Waals surface area contributed by atoms with Crippen molar-refractivity contribution in [3.05, 3.63) is 70.9 Å². The number of rotatable bonds is 3. The average Bonchev–Trinajstić information content (AvgIpc) is 3.01. The van der Waals surface area contributed by atoms with Gasteiger partial charge in [0.1, 0.15) is 6.04 Å². The first-order valence-electron chi connectivity index (χ1n) is 7.97. The maximum atomic E-state index is 13.0. The molecule has 1 aliphatic heterocycles. The van der Waals surface area contributed by atoms with Gasteiger partial charge in [0.15, 0.2) is 0 Å². The average molecular weight is 318 g/mol. The Hall–Kier alpha value is -2.72. The molecule has 0 amide bonds. The van der Waals surface area contributed by atoms with Crippen LogP contribution in [0.4, 0.5) is 0 Å². The molecule has 2 aromatic carbocycles. The summed E-state index contributed by atoms with van der Waals surface area (Å²) in [6.07, 6.45) is 0. The molecule has 24 heavy (non-hydrogen) atoms. The molecule has 1 aromatic heterocycles. The summed E-state index contributed by atoms with van der Waals surface area (Å²) in [5.41, 5.74) is 5.38. The molecular formula is C20H18N2O2. The van der Waals surface area contributed by atoms with Gasteiger partial charge in [0.2, 0.25) is 5.78 Å². The molecule has 0 spiro atoms. The first kappa shape index (κ1) is 14.8. The van der Waals surface area contributed by atoms with E-state index in [0.29, 0.717) is 12.3 Å². The largest absolute Gasteiger partial charge is 0.380 e. The summed E-state index contributed by atoms with van der Waals surface area (Å²) in [6.45, 7) is 2.48. The zero-order valence-corrected chi connectivity index (χ0v) is 13.7. The first-order chi connectivity index (χ1) is 11.7. The third kappa shape index (κ3) is 2.19. The quantitative estimate of drug-likeness (QED) is 0.791. The Kier molecular flexibility index (Phi) is 3.54. The Bertz CT molecular complexity index is 954. The van der Waals surface area contributed by atoms with E-state index in [0.717, 1.165) is 33.3 Å². The van der Waals surface area contributed by atoms with Crippen LogP contribution >= 0.6 is 0 Å². The van der Waals surface area contributed by atoms with Crippen LogP contribution in [0, 0.1) is 0 Å². The maximum absolute atomic E-state index is 13.0. The fraction of sp³-hybridized carbons (Fsp3) is 0.200. The summed E-state index contributed by atoms with van der Waals surface area (Å²) >= 11 is 0. The molecule has 0 fully saturated rings. The third-order valence-electron chi connectivity index (χ3n) is 4.50. The topological polar surface area (TPSA) is 54.4 Å². The summed E-state index contributed by atoms with van der Waals surface area (Å²) in [5.74, 6) is 0.0152. The molecule has 1 aliphatic rings. The standard InChI is InChI=1S/C20H18N2O2/c1-12-16-17-14(11-24-2)9-6-10-15(17)22-19(16)20(23)18(21-12)13-7-4-3-5-8-13/h3-10,18,22H,11H2,1-2H3. The number of ketones is 1. The van der Waals surface area contributed by atoms with Crippen molar-refractivity contribution < 1.29 is 9.53 Å². The minimum atomic E-state index is -0.474. The SMILES string of the molecule is COCc1cccc2[nH]c3c(c12)C(C)=NC(c1ccccc1)C3=O. The van der Waals surface area contributed by atoms with Crippen molar-refractivity contribution in [2.75, 3.05) is 7.11 Å². The highest BCUT2D eigenvalue weighted by Gasteiger charge is 2.32. The van der Waals surface area contributed by atoms with Crippen molar-refractivity contribution in [3.8, 4) is 0 Å². The lowest BCUT2D eigenvalue weighted by Crippen LogP contribution is -2.21. The Morgan fingerprint density at radius 1 is 1.12 bits per heavy atom. The monoisotopic (exact) mass is 318 g/mol. The molecule has 2 heterocycles. The summed E-state index contributed by atoms with van der Waals surface area (Å²) in [7, 11) is 1.68. The van der Waals surface area contributed by atoms with E-state index in [-0.39, 0.29) is 5.78 Å². The van der Waals surface area contributed by atoms with Crippen LogP contribution in [0.5, 0.6) is 0 Å². The number of aromatic nitrogens is 1. The fourth-order valence-corrected chi connectivity index (χ4v) is 3.46. The second-order valence-corrected chi connectivity index (χ2v) is 6.04. The first-order valence-corrected chi connectivity index (χ1v) is 7.97. The van der Waals surface area contributed by atoms with Crippen LogP contribution in [0.3, 0.4) is 0 Å². The van der Waals surface area contributed by atoms with Crippen LogP contribution in [0.2, 0.25) is 0 Å². The predicted octanol–water partition coefficient (Wildman–Crippen LogP) is 4.06. The maximum Gasteiger partial charge on any atom is 0.208 e. The number of ether oxygens (including phenoxy) is 1. The number of aromatic amines is 1. The Morgan fingerprint density at radius 3 is 2.67 bits per heavy atom. The fourth-order valence-electron chi connectivity index (χ4n) is 3.46. The highest BCUT2D eigenvalue weighted by molar-refractivity contribution is 6.22. The molecular weight excluding hydrogens is 300 g/mol. The van der Waals surface area contributed by atoms with Gasteiger partial charge in [0.05, 0.1) is 12.3 Å². The zero-order chi connectivity index (χ0) is 16.7. The van der Waals surface area contributed by atoms with Gasteiger partial charge in [-0.15, -0.1) is 0 Å². The summed E-state index contributed by atoms with van der Waals surface area (Å²) in [4.78, 5) is 21.0. The van der Waals surface area contributed by atoms with Crippen molar-refractivity contribution in [1.82, 2.24) is 4.98 Å². The van der Waals surface area contributed by atoms with Gasteiger partial charge in [-0.2, -0.15) is 0 Å². The normalized spacial score (nSPS) is 17.0. The number of carbonyl (C=O) groups is 1. The number of aliphatic imine (C=N–C) groups is 1. The number of hydrogen-bond donors (Lipinski definition) is 1. The van der Waals surface area contributed by atoms with E-state index < -0.39 is 6.04 Å². The molecule has 4 nitrogen and oxygen atoms in total. The number of nitrogens with one attached hydrogen (secondary N) is 1. The van der Waals surface area contributed by atoms with Crippen LogP contribution in [-0.4, -0.2) is 23.6 Å². The lowest BCUT2D eigenvalue weighted by molar-refractivity contribution is 0.0956. The number of carbonyl (C=O) groups excluding carboxylic acids is 1. The van der Waals surface area contributed by atoms with Crippen molar-refractivity contribution in [3.63, 3.8) is 0 Å². The number of nitrogens with zero attached hydrogens (tertiary/aromatic N) is 1. The van der Waals surface area contributed by atoms with Gasteiger partial charge >= 0.3 is 0 Å². The zero-order valence-electron chi connectivity index (χ0n) is 13.7. The van der Waals surface area contributed by atoms with E-state index in [1.807, 2.05) is 55.5 Å². The smallest absolute Gasteiger partial charge is 0.208 e. The number of hydrogen-bond acceptors (Lipinski definition) is 3. The molecule has 120 valence electrons. The molecule has 1 N–H and O–H groups in total. The van der Waals surface area contributed by atoms with E-state index in [1.165, 1.54) is 0 Å². The Labute approximate surface area is 140 Å². The van der Waals surface area contributed by atoms with E-state index in [4.69, 9.17) is 9.73 Å². The van der Waals surface area contributed by atoms with Crippen molar-refractivity contribution in [2.24, 2.45) is 4.99 Å². The lowest BCUT2D eigenvalue weighted by atomic mass is 9.92. The van der Waals surface area contributed by atoms with Gasteiger partial charge in [0.25, 0.3) is 0 Å². The van der Waals surface area contributed by atoms with E-state index in [2.05, 4.69) is 4.98 Å². The second kappa shape index (κ2) is 5.73. The van der Waals surface area contributed by atoms with E-state index in [9.17, 15) is 4.79 Å². The Balaban J connectivity index is 1.92. The summed E-state index contributed by atoms with van der Waals surface area (Å²) in [6, 6.07) is 15.2. The molecule has 3 aromatic rings. The molecule has 0 saturated heterocycles. The van der Waals surface area contributed by atoms with Crippen molar-refractivity contribution in [1.29, 1.82) is 0 Å². The predicted molar refractivity (Wildman–Crippen MR) is 94.7 cm³/mol. The van der Waals surface area contributed by atoms with Crippen LogP contribution in [-0.2, 0) is 11.3 Å². The minimum absolute atomic E-state index is 0.0152. The number of H-pyrrole nitrogens is 1. The van der Waals surface area contributed by atoms with Gasteiger partial charge in [0, 0.05) is 29.3 Å². The van der Waals surface area contributed by atoms with E-state index in [1.54, 1.807) is 7.11 Å². The lowest BCUT2D eigenvalue weighted by Gasteiger charge is -2.19. The van der Waals surface area contributed by atoms with E-state index >= 15 is 0 Å². The van der Waals surface area contributed by atoms with Crippen LogP contribution < -0.4 is 0 Å². The third-order valence-corrected chi connectivity index (χ3v) is 4.50. The van der Waals surface area contributed by atoms with Crippen LogP contribution in [0.25, 0.3) is 10.9 Å². The van der Waals surface area contributed by atoms with Gasteiger partial charge in [-0.05, 0) is 24.1 Å². The van der Waals surface area contributed by atoms with Crippen LogP contribution in [0.1, 0.15) is 40.1 Å². The van der Waals surface area contributed by atoms with Gasteiger partial charge in [-0.25, -0.2) is 0 Å². The van der Waals surface area contributed by atoms with Crippen LogP contribution in [0.15, 0.2) is 53.5 Å². The number of Topliss-reactive ketones (excluding diaryl/α,β-unsaturated/α-hetero) is 1. The van der Waals surface area contributed by atoms with Crippen molar-refractivity contribution in [2.45, 2.75) is 19.6 Å². The van der Waals surface area contributed by atoms with Gasteiger partial charge < -0.3 is 9.72 Å². The molecule has 0 saturated carbocycles. The highest BCUT2D eigenvalue weighted by Crippen LogP contribution is 2.35. The highest BCUT2D eigenvalue weighted by atomic mass is 16.5. The number of benzene rings is 2. The Morgan fingerprint density at radius 2 is 1.92 bits per heavy atom. The molecule has 1 atom stereocenters. The number of fused-ring (bicyclic) bond motifs is 3. The minimum Gasteiger partial charge on any atom is -0.380 e. The molecule has 0 radical (unpaired) electrons. The molecule has 0 aliphatic carbocycles.